The van der Waals surface area contributed by atoms with E-state index in [4.69, 9.17) is 0 Å². The summed E-state index contributed by atoms with van der Waals surface area (Å²) < 4.78 is 37.8. The lowest BCUT2D eigenvalue weighted by molar-refractivity contribution is -0.137. The van der Waals surface area contributed by atoms with Gasteiger partial charge < -0.3 is 10.6 Å². The Morgan fingerprint density at radius 2 is 1.79 bits per heavy atom. The molecule has 4 nitrogen and oxygen atoms in total. The number of aliphatic imine (C=N–C) groups is 1. The zero-order valence-corrected chi connectivity index (χ0v) is 18.3. The van der Waals surface area contributed by atoms with Crippen molar-refractivity contribution >= 4 is 29.9 Å². The minimum atomic E-state index is -4.30. The molecule has 0 bridgehead atoms. The van der Waals surface area contributed by atoms with Gasteiger partial charge in [-0.3, -0.25) is 9.98 Å². The van der Waals surface area contributed by atoms with E-state index in [0.717, 1.165) is 36.2 Å². The number of rotatable bonds is 7. The van der Waals surface area contributed by atoms with Crippen molar-refractivity contribution in [2.24, 2.45) is 4.99 Å². The molecule has 2 aromatic rings. The van der Waals surface area contributed by atoms with Crippen LogP contribution in [0.15, 0.2) is 47.7 Å². The molecule has 0 saturated carbocycles. The number of aryl methyl sites for hydroxylation is 1. The number of benzene rings is 1. The van der Waals surface area contributed by atoms with Gasteiger partial charge in [0.15, 0.2) is 5.96 Å². The third kappa shape index (κ3) is 8.04. The van der Waals surface area contributed by atoms with Gasteiger partial charge in [0.2, 0.25) is 0 Å². The largest absolute Gasteiger partial charge is 0.416 e. The summed E-state index contributed by atoms with van der Waals surface area (Å²) in [6, 6.07) is 7.26. The third-order valence-electron chi connectivity index (χ3n) is 4.12. The molecule has 0 aliphatic carbocycles. The first-order valence-electron chi connectivity index (χ1n) is 8.98. The molecule has 0 fully saturated rings. The van der Waals surface area contributed by atoms with Crippen LogP contribution in [0.2, 0.25) is 0 Å². The smallest absolute Gasteiger partial charge is 0.357 e. The summed E-state index contributed by atoms with van der Waals surface area (Å²) >= 11 is 0. The SMILES string of the molecule is CCNC(=NCCc1ccncc1C)NCCc1ccc(C(F)(F)F)cc1.I. The highest BCUT2D eigenvalue weighted by Gasteiger charge is 2.29. The number of hydrogen-bond acceptors (Lipinski definition) is 2. The Morgan fingerprint density at radius 3 is 2.39 bits per heavy atom. The molecule has 0 amide bonds. The van der Waals surface area contributed by atoms with Gasteiger partial charge in [0.05, 0.1) is 5.56 Å². The van der Waals surface area contributed by atoms with Crippen LogP contribution in [0.25, 0.3) is 0 Å². The maximum Gasteiger partial charge on any atom is 0.416 e. The Labute approximate surface area is 181 Å². The standard InChI is InChI=1S/C20H25F3N4.HI/c1-3-25-19(27-13-10-17-9-11-24-14-15(17)2)26-12-8-16-4-6-18(7-5-16)20(21,22)23;/h4-7,9,11,14H,3,8,10,12-13H2,1-2H3,(H2,25,26,27);1H. The second-order valence-corrected chi connectivity index (χ2v) is 6.18. The fourth-order valence-corrected chi connectivity index (χ4v) is 2.60. The van der Waals surface area contributed by atoms with Crippen molar-refractivity contribution in [2.75, 3.05) is 19.6 Å². The molecular weight excluding hydrogens is 480 g/mol. The van der Waals surface area contributed by atoms with Gasteiger partial charge in [-0.2, -0.15) is 13.2 Å². The van der Waals surface area contributed by atoms with Crippen LogP contribution in [0.5, 0.6) is 0 Å². The molecule has 0 aliphatic rings. The van der Waals surface area contributed by atoms with Crippen LogP contribution in [0.3, 0.4) is 0 Å². The molecule has 0 spiro atoms. The van der Waals surface area contributed by atoms with E-state index in [-0.39, 0.29) is 24.0 Å². The van der Waals surface area contributed by atoms with E-state index in [2.05, 4.69) is 20.6 Å². The predicted octanol–water partition coefficient (Wildman–Crippen LogP) is 4.37. The molecule has 0 aliphatic heterocycles. The number of hydrogen-bond donors (Lipinski definition) is 2. The van der Waals surface area contributed by atoms with Crippen molar-refractivity contribution < 1.29 is 13.2 Å². The molecule has 8 heteroatoms. The Kier molecular flexibility index (Phi) is 10.3. The summed E-state index contributed by atoms with van der Waals surface area (Å²) in [7, 11) is 0. The number of pyridine rings is 1. The molecule has 0 atom stereocenters. The minimum absolute atomic E-state index is 0. The molecule has 2 rings (SSSR count). The fraction of sp³-hybridized carbons (Fsp3) is 0.400. The monoisotopic (exact) mass is 506 g/mol. The van der Waals surface area contributed by atoms with Crippen LogP contribution < -0.4 is 10.6 Å². The molecule has 0 saturated heterocycles. The lowest BCUT2D eigenvalue weighted by Crippen LogP contribution is -2.38. The van der Waals surface area contributed by atoms with E-state index in [1.54, 1.807) is 6.20 Å². The second kappa shape index (κ2) is 11.9. The summed E-state index contributed by atoms with van der Waals surface area (Å²) in [5, 5.41) is 6.40. The molecule has 28 heavy (non-hydrogen) atoms. The van der Waals surface area contributed by atoms with Crippen LogP contribution in [0, 0.1) is 6.92 Å². The van der Waals surface area contributed by atoms with Gasteiger partial charge in [-0.15, -0.1) is 24.0 Å². The van der Waals surface area contributed by atoms with Crippen molar-refractivity contribution in [3.8, 4) is 0 Å². The van der Waals surface area contributed by atoms with Crippen molar-refractivity contribution in [1.82, 2.24) is 15.6 Å². The van der Waals surface area contributed by atoms with E-state index in [9.17, 15) is 13.2 Å². The van der Waals surface area contributed by atoms with Crippen LogP contribution in [0.1, 0.15) is 29.2 Å². The van der Waals surface area contributed by atoms with Crippen LogP contribution in [0.4, 0.5) is 13.2 Å². The van der Waals surface area contributed by atoms with Gasteiger partial charge in [-0.25, -0.2) is 0 Å². The molecule has 1 heterocycles. The van der Waals surface area contributed by atoms with Gasteiger partial charge in [0, 0.05) is 32.0 Å². The van der Waals surface area contributed by atoms with Crippen LogP contribution >= 0.6 is 24.0 Å². The number of halogens is 4. The van der Waals surface area contributed by atoms with E-state index < -0.39 is 11.7 Å². The number of nitrogens with one attached hydrogen (secondary N) is 2. The molecule has 2 N–H and O–H groups in total. The lowest BCUT2D eigenvalue weighted by atomic mass is 10.1. The zero-order chi connectivity index (χ0) is 19.7. The third-order valence-corrected chi connectivity index (χ3v) is 4.12. The van der Waals surface area contributed by atoms with E-state index in [1.807, 2.05) is 26.1 Å². The highest BCUT2D eigenvalue weighted by Crippen LogP contribution is 2.29. The number of nitrogens with zero attached hydrogens (tertiary/aromatic N) is 2. The first-order chi connectivity index (χ1) is 12.9. The molecule has 1 aromatic heterocycles. The average molecular weight is 506 g/mol. The van der Waals surface area contributed by atoms with Crippen molar-refractivity contribution in [3.05, 3.63) is 65.0 Å². The normalized spacial score (nSPS) is 11.7. The molecule has 1 aromatic carbocycles. The quantitative estimate of drug-likeness (QED) is 0.333. The summed E-state index contributed by atoms with van der Waals surface area (Å²) in [6.45, 7) is 5.98. The molecule has 0 radical (unpaired) electrons. The second-order valence-electron chi connectivity index (χ2n) is 6.18. The highest BCUT2D eigenvalue weighted by atomic mass is 127. The van der Waals surface area contributed by atoms with E-state index in [0.29, 0.717) is 25.5 Å². The van der Waals surface area contributed by atoms with Gasteiger partial charge in [0.25, 0.3) is 0 Å². The Balaban J connectivity index is 0.00000392. The highest BCUT2D eigenvalue weighted by molar-refractivity contribution is 14.0. The minimum Gasteiger partial charge on any atom is -0.357 e. The van der Waals surface area contributed by atoms with E-state index in [1.165, 1.54) is 17.7 Å². The van der Waals surface area contributed by atoms with Crippen LogP contribution in [-0.4, -0.2) is 30.6 Å². The summed E-state index contributed by atoms with van der Waals surface area (Å²) in [5.41, 5.74) is 2.58. The van der Waals surface area contributed by atoms with Gasteiger partial charge in [0.1, 0.15) is 0 Å². The predicted molar refractivity (Wildman–Crippen MR) is 117 cm³/mol. The van der Waals surface area contributed by atoms with Crippen molar-refractivity contribution in [2.45, 2.75) is 32.9 Å². The van der Waals surface area contributed by atoms with E-state index >= 15 is 0 Å². The Hall–Kier alpha value is -1.84. The van der Waals surface area contributed by atoms with Crippen LogP contribution in [-0.2, 0) is 19.0 Å². The topological polar surface area (TPSA) is 49.3 Å². The summed E-state index contributed by atoms with van der Waals surface area (Å²) in [6.07, 6.45) is 0.761. The lowest BCUT2D eigenvalue weighted by Gasteiger charge is -2.12. The molecule has 154 valence electrons. The number of aromatic nitrogens is 1. The maximum absolute atomic E-state index is 12.6. The van der Waals surface area contributed by atoms with Crippen molar-refractivity contribution in [1.29, 1.82) is 0 Å². The summed E-state index contributed by atoms with van der Waals surface area (Å²) in [5.74, 6) is 0.705. The number of alkyl halides is 3. The van der Waals surface area contributed by atoms with Crippen molar-refractivity contribution in [3.63, 3.8) is 0 Å². The molecule has 0 unspecified atom stereocenters. The van der Waals surface area contributed by atoms with Gasteiger partial charge in [-0.1, -0.05) is 12.1 Å². The fourth-order valence-electron chi connectivity index (χ4n) is 2.60. The first kappa shape index (κ1) is 24.2. The first-order valence-corrected chi connectivity index (χ1v) is 8.98. The van der Waals surface area contributed by atoms with Gasteiger partial charge >= 0.3 is 6.18 Å². The summed E-state index contributed by atoms with van der Waals surface area (Å²) in [4.78, 5) is 8.64. The Bertz CT molecular complexity index is 746. The maximum atomic E-state index is 12.6. The molecular formula is C20H26F3IN4. The average Bonchev–Trinajstić information content (AvgIpc) is 2.63. The Morgan fingerprint density at radius 1 is 1.07 bits per heavy atom. The van der Waals surface area contributed by atoms with Gasteiger partial charge in [-0.05, 0) is 61.6 Å². The zero-order valence-electron chi connectivity index (χ0n) is 16.0. The number of guanidine groups is 1.